The number of carbonyl (C=O) groups excluding carboxylic acids is 1. The van der Waals surface area contributed by atoms with Crippen LogP contribution < -0.4 is 10.6 Å². The zero-order valence-corrected chi connectivity index (χ0v) is 19.4. The number of piperidine rings is 1. The van der Waals surface area contributed by atoms with Gasteiger partial charge in [0.2, 0.25) is 15.9 Å². The van der Waals surface area contributed by atoms with Crippen LogP contribution >= 0.6 is 24.8 Å². The highest BCUT2D eigenvalue weighted by Crippen LogP contribution is 2.18. The lowest BCUT2D eigenvalue weighted by molar-refractivity contribution is -0.123. The number of rotatable bonds is 5. The van der Waals surface area contributed by atoms with Crippen LogP contribution in [-0.2, 0) is 14.8 Å². The Morgan fingerprint density at radius 1 is 1.14 bits per heavy atom. The number of halogens is 2. The van der Waals surface area contributed by atoms with E-state index in [1.807, 2.05) is 24.0 Å². The fourth-order valence-electron chi connectivity index (χ4n) is 3.73. The molecule has 10 heteroatoms. The predicted molar refractivity (Wildman–Crippen MR) is 120 cm³/mol. The number of carbonyl (C=O) groups is 1. The van der Waals surface area contributed by atoms with Crippen LogP contribution in [0.5, 0.6) is 0 Å². The van der Waals surface area contributed by atoms with Gasteiger partial charge >= 0.3 is 0 Å². The average molecular weight is 467 g/mol. The SMILES string of the molecule is Cc1ccc(S(=O)(=O)N2CCN(CC(=O)NC3CCNC(C)C3)CC2)cc1.Cl.Cl. The Bertz CT molecular complexity index is 753. The van der Waals surface area contributed by atoms with E-state index in [1.165, 1.54) is 4.31 Å². The molecular formula is C19H32Cl2N4O3S. The number of sulfonamides is 1. The Morgan fingerprint density at radius 3 is 2.34 bits per heavy atom. The van der Waals surface area contributed by atoms with E-state index in [9.17, 15) is 13.2 Å². The van der Waals surface area contributed by atoms with Crippen molar-refractivity contribution >= 4 is 40.7 Å². The number of hydrogen-bond donors (Lipinski definition) is 2. The van der Waals surface area contributed by atoms with E-state index in [2.05, 4.69) is 17.6 Å². The topological polar surface area (TPSA) is 81.8 Å². The monoisotopic (exact) mass is 466 g/mol. The summed E-state index contributed by atoms with van der Waals surface area (Å²) >= 11 is 0. The number of aryl methyl sites for hydroxylation is 1. The molecule has 0 bridgehead atoms. The summed E-state index contributed by atoms with van der Waals surface area (Å²) in [6.07, 6.45) is 1.91. The standard InChI is InChI=1S/C19H30N4O3S.2ClH/c1-15-3-5-18(6-4-15)27(25,26)23-11-9-22(10-12-23)14-19(24)21-17-7-8-20-16(2)13-17;;/h3-6,16-17,20H,7-14H2,1-2H3,(H,21,24);2*1H. The summed E-state index contributed by atoms with van der Waals surface area (Å²) in [5, 5.41) is 6.49. The Labute approximate surface area is 186 Å². The van der Waals surface area contributed by atoms with Crippen molar-refractivity contribution in [2.45, 2.75) is 43.7 Å². The van der Waals surface area contributed by atoms with Crippen LogP contribution in [-0.4, -0.2) is 74.9 Å². The van der Waals surface area contributed by atoms with Crippen LogP contribution in [0.3, 0.4) is 0 Å². The average Bonchev–Trinajstić information content (AvgIpc) is 2.62. The second-order valence-electron chi connectivity index (χ2n) is 7.64. The van der Waals surface area contributed by atoms with Gasteiger partial charge in [0.15, 0.2) is 0 Å². The van der Waals surface area contributed by atoms with E-state index >= 15 is 0 Å². The fraction of sp³-hybridized carbons (Fsp3) is 0.632. The van der Waals surface area contributed by atoms with Gasteiger partial charge in [-0.2, -0.15) is 4.31 Å². The number of benzene rings is 1. The van der Waals surface area contributed by atoms with Crippen molar-refractivity contribution in [3.8, 4) is 0 Å². The molecule has 0 aromatic heterocycles. The van der Waals surface area contributed by atoms with Crippen LogP contribution in [0.25, 0.3) is 0 Å². The van der Waals surface area contributed by atoms with Gasteiger partial charge in [-0.1, -0.05) is 17.7 Å². The number of amides is 1. The minimum Gasteiger partial charge on any atom is -0.352 e. The van der Waals surface area contributed by atoms with Crippen molar-refractivity contribution in [1.82, 2.24) is 19.8 Å². The summed E-state index contributed by atoms with van der Waals surface area (Å²) in [4.78, 5) is 14.7. The summed E-state index contributed by atoms with van der Waals surface area (Å²) in [6, 6.07) is 7.61. The zero-order valence-electron chi connectivity index (χ0n) is 17.0. The second kappa shape index (κ2) is 11.5. The van der Waals surface area contributed by atoms with Gasteiger partial charge in [0.05, 0.1) is 11.4 Å². The molecule has 2 atom stereocenters. The highest BCUT2D eigenvalue weighted by atomic mass is 35.5. The van der Waals surface area contributed by atoms with Gasteiger partial charge in [-0.25, -0.2) is 8.42 Å². The van der Waals surface area contributed by atoms with E-state index in [0.717, 1.165) is 24.9 Å². The van der Waals surface area contributed by atoms with E-state index in [4.69, 9.17) is 0 Å². The molecule has 2 N–H and O–H groups in total. The second-order valence-corrected chi connectivity index (χ2v) is 9.58. The maximum atomic E-state index is 12.7. The van der Waals surface area contributed by atoms with Gasteiger partial charge < -0.3 is 10.6 Å². The molecule has 2 fully saturated rings. The van der Waals surface area contributed by atoms with E-state index in [-0.39, 0.29) is 36.8 Å². The highest BCUT2D eigenvalue weighted by Gasteiger charge is 2.29. The lowest BCUT2D eigenvalue weighted by Crippen LogP contribution is -2.53. The summed E-state index contributed by atoms with van der Waals surface area (Å²) in [7, 11) is -3.46. The first kappa shape index (κ1) is 26.1. The van der Waals surface area contributed by atoms with Crippen molar-refractivity contribution in [2.24, 2.45) is 0 Å². The molecule has 0 spiro atoms. The number of hydrogen-bond acceptors (Lipinski definition) is 5. The summed E-state index contributed by atoms with van der Waals surface area (Å²) in [5.74, 6) is 0.0314. The first-order valence-electron chi connectivity index (χ1n) is 9.66. The van der Waals surface area contributed by atoms with Crippen LogP contribution in [0.15, 0.2) is 29.2 Å². The van der Waals surface area contributed by atoms with Crippen LogP contribution in [0.2, 0.25) is 0 Å². The third-order valence-corrected chi connectivity index (χ3v) is 7.26. The van der Waals surface area contributed by atoms with Crippen LogP contribution in [0.1, 0.15) is 25.3 Å². The molecule has 1 aromatic carbocycles. The summed E-state index contributed by atoms with van der Waals surface area (Å²) in [6.45, 7) is 7.29. The van der Waals surface area contributed by atoms with Gasteiger partial charge in [0.25, 0.3) is 0 Å². The first-order chi connectivity index (χ1) is 12.8. The number of piperazine rings is 1. The molecule has 2 aliphatic heterocycles. The Morgan fingerprint density at radius 2 is 1.76 bits per heavy atom. The Balaban J connectivity index is 0.00000210. The molecule has 2 unspecified atom stereocenters. The maximum absolute atomic E-state index is 12.7. The molecule has 7 nitrogen and oxygen atoms in total. The molecule has 29 heavy (non-hydrogen) atoms. The van der Waals surface area contributed by atoms with E-state index in [0.29, 0.717) is 43.7 Å². The molecule has 1 aromatic rings. The third kappa shape index (κ3) is 7.08. The molecule has 0 radical (unpaired) electrons. The number of nitrogens with one attached hydrogen (secondary N) is 2. The first-order valence-corrected chi connectivity index (χ1v) is 11.1. The third-order valence-electron chi connectivity index (χ3n) is 5.35. The molecule has 2 heterocycles. The molecule has 2 aliphatic rings. The molecule has 0 saturated carbocycles. The zero-order chi connectivity index (χ0) is 19.4. The lowest BCUT2D eigenvalue weighted by Gasteiger charge is -2.34. The van der Waals surface area contributed by atoms with E-state index in [1.54, 1.807) is 12.1 Å². The fourth-order valence-corrected chi connectivity index (χ4v) is 5.15. The van der Waals surface area contributed by atoms with Crippen molar-refractivity contribution in [3.63, 3.8) is 0 Å². The van der Waals surface area contributed by atoms with Crippen molar-refractivity contribution in [1.29, 1.82) is 0 Å². The molecular weight excluding hydrogens is 435 g/mol. The molecule has 2 saturated heterocycles. The number of nitrogens with zero attached hydrogens (tertiary/aromatic N) is 2. The molecule has 3 rings (SSSR count). The molecule has 1 amide bonds. The summed E-state index contributed by atoms with van der Waals surface area (Å²) in [5.41, 5.74) is 1.04. The van der Waals surface area contributed by atoms with E-state index < -0.39 is 10.0 Å². The molecule has 166 valence electrons. The molecule has 0 aliphatic carbocycles. The lowest BCUT2D eigenvalue weighted by atomic mass is 10.0. The van der Waals surface area contributed by atoms with Gasteiger partial charge in [0.1, 0.15) is 0 Å². The minimum absolute atomic E-state index is 0. The highest BCUT2D eigenvalue weighted by molar-refractivity contribution is 7.89. The normalized spacial score (nSPS) is 23.5. The van der Waals surface area contributed by atoms with Crippen LogP contribution in [0.4, 0.5) is 0 Å². The van der Waals surface area contributed by atoms with Gasteiger partial charge in [-0.05, 0) is 45.4 Å². The van der Waals surface area contributed by atoms with Gasteiger partial charge in [-0.15, -0.1) is 24.8 Å². The van der Waals surface area contributed by atoms with Crippen LogP contribution in [0, 0.1) is 6.92 Å². The Hall–Kier alpha value is -0.900. The summed E-state index contributed by atoms with van der Waals surface area (Å²) < 4.78 is 27.0. The minimum atomic E-state index is -3.46. The largest absolute Gasteiger partial charge is 0.352 e. The van der Waals surface area contributed by atoms with Crippen molar-refractivity contribution < 1.29 is 13.2 Å². The predicted octanol–water partition coefficient (Wildman–Crippen LogP) is 1.40. The Kier molecular flexibility index (Phi) is 10.3. The van der Waals surface area contributed by atoms with Gasteiger partial charge in [0, 0.05) is 38.3 Å². The smallest absolute Gasteiger partial charge is 0.243 e. The maximum Gasteiger partial charge on any atom is 0.243 e. The quantitative estimate of drug-likeness (QED) is 0.685. The van der Waals surface area contributed by atoms with Crippen molar-refractivity contribution in [3.05, 3.63) is 29.8 Å². The van der Waals surface area contributed by atoms with Gasteiger partial charge in [-0.3, -0.25) is 9.69 Å². The van der Waals surface area contributed by atoms with Crippen molar-refractivity contribution in [2.75, 3.05) is 39.3 Å².